The summed E-state index contributed by atoms with van der Waals surface area (Å²) in [4.78, 5) is 11.0. The smallest absolute Gasteiger partial charge is 0.336 e. The van der Waals surface area contributed by atoms with Gasteiger partial charge in [-0.05, 0) is 37.1 Å². The fourth-order valence-corrected chi connectivity index (χ4v) is 2.50. The molecule has 1 unspecified atom stereocenters. The van der Waals surface area contributed by atoms with E-state index in [0.29, 0.717) is 0 Å². The van der Waals surface area contributed by atoms with Crippen LogP contribution in [0.1, 0.15) is 11.1 Å². The summed E-state index contributed by atoms with van der Waals surface area (Å²) in [7, 11) is -2.64. The maximum atomic E-state index is 11.9. The van der Waals surface area contributed by atoms with Crippen LogP contribution in [-0.4, -0.2) is 39.3 Å². The van der Waals surface area contributed by atoms with E-state index < -0.39 is 28.6 Å². The summed E-state index contributed by atoms with van der Waals surface area (Å²) in [5, 5.41) is 9.33. The number of nitrogens with one attached hydrogen (secondary N) is 1. The monoisotopic (exact) mass is 287 g/mol. The van der Waals surface area contributed by atoms with E-state index in [2.05, 4.69) is 9.46 Å². The Labute approximate surface area is 112 Å². The van der Waals surface area contributed by atoms with Crippen LogP contribution in [0.3, 0.4) is 0 Å². The van der Waals surface area contributed by atoms with Crippen molar-refractivity contribution in [2.75, 3.05) is 13.7 Å². The van der Waals surface area contributed by atoms with Gasteiger partial charge in [0, 0.05) is 6.54 Å². The van der Waals surface area contributed by atoms with Gasteiger partial charge in [0.25, 0.3) is 0 Å². The molecule has 0 aliphatic heterocycles. The van der Waals surface area contributed by atoms with Gasteiger partial charge in [-0.2, -0.15) is 0 Å². The van der Waals surface area contributed by atoms with Crippen molar-refractivity contribution < 1.29 is 23.1 Å². The fraction of sp³-hybridized carbons (Fsp3) is 0.417. The average Bonchev–Trinajstić information content (AvgIpc) is 2.38. The van der Waals surface area contributed by atoms with Crippen molar-refractivity contribution in [3.8, 4) is 0 Å². The topological polar surface area (TPSA) is 92.7 Å². The first kappa shape index (κ1) is 15.6. The maximum Gasteiger partial charge on any atom is 0.336 e. The van der Waals surface area contributed by atoms with Crippen LogP contribution in [0.2, 0.25) is 0 Å². The predicted molar refractivity (Wildman–Crippen MR) is 69.1 cm³/mol. The number of ether oxygens (including phenoxy) is 1. The summed E-state index contributed by atoms with van der Waals surface area (Å²) in [6, 6.07) is 4.69. The minimum atomic E-state index is -3.75. The van der Waals surface area contributed by atoms with Crippen LogP contribution in [0.25, 0.3) is 0 Å². The number of benzene rings is 1. The quantitative estimate of drug-likeness (QED) is 0.750. The molecule has 0 aliphatic rings. The number of aliphatic hydroxyl groups excluding tert-OH is 1. The number of sulfonamides is 1. The Morgan fingerprint density at radius 2 is 2.00 bits per heavy atom. The molecule has 19 heavy (non-hydrogen) atoms. The van der Waals surface area contributed by atoms with Crippen LogP contribution < -0.4 is 4.72 Å². The Morgan fingerprint density at radius 1 is 1.37 bits per heavy atom. The van der Waals surface area contributed by atoms with E-state index in [1.165, 1.54) is 12.1 Å². The Morgan fingerprint density at radius 3 is 2.53 bits per heavy atom. The molecule has 1 rings (SSSR count). The van der Waals surface area contributed by atoms with E-state index in [1.54, 1.807) is 13.0 Å². The van der Waals surface area contributed by atoms with Gasteiger partial charge in [-0.3, -0.25) is 0 Å². The van der Waals surface area contributed by atoms with E-state index in [9.17, 15) is 18.3 Å². The SMILES string of the molecule is COC(=O)C(O)CNS(=O)(=O)c1ccc(C)c(C)c1. The highest BCUT2D eigenvalue weighted by molar-refractivity contribution is 7.89. The van der Waals surface area contributed by atoms with Crippen molar-refractivity contribution in [3.63, 3.8) is 0 Å². The lowest BCUT2D eigenvalue weighted by Crippen LogP contribution is -2.37. The van der Waals surface area contributed by atoms with Gasteiger partial charge in [-0.15, -0.1) is 0 Å². The van der Waals surface area contributed by atoms with Crippen LogP contribution in [-0.2, 0) is 19.6 Å². The first-order valence-electron chi connectivity index (χ1n) is 5.60. The molecule has 6 nitrogen and oxygen atoms in total. The van der Waals surface area contributed by atoms with Gasteiger partial charge in [0.1, 0.15) is 0 Å². The lowest BCUT2D eigenvalue weighted by Gasteiger charge is -2.11. The highest BCUT2D eigenvalue weighted by Gasteiger charge is 2.20. The molecule has 1 aromatic rings. The lowest BCUT2D eigenvalue weighted by molar-refractivity contribution is -0.149. The number of aliphatic hydroxyl groups is 1. The van der Waals surface area contributed by atoms with Crippen molar-refractivity contribution in [3.05, 3.63) is 29.3 Å². The highest BCUT2D eigenvalue weighted by atomic mass is 32.2. The zero-order valence-electron chi connectivity index (χ0n) is 11.0. The van der Waals surface area contributed by atoms with Crippen molar-refractivity contribution >= 4 is 16.0 Å². The number of carbonyl (C=O) groups excluding carboxylic acids is 1. The van der Waals surface area contributed by atoms with E-state index in [0.717, 1.165) is 18.2 Å². The van der Waals surface area contributed by atoms with E-state index in [-0.39, 0.29) is 4.90 Å². The molecule has 2 N–H and O–H groups in total. The molecule has 0 bridgehead atoms. The van der Waals surface area contributed by atoms with E-state index in [1.807, 2.05) is 6.92 Å². The lowest BCUT2D eigenvalue weighted by atomic mass is 10.1. The van der Waals surface area contributed by atoms with Gasteiger partial charge in [0.05, 0.1) is 12.0 Å². The average molecular weight is 287 g/mol. The Hall–Kier alpha value is -1.44. The second-order valence-electron chi connectivity index (χ2n) is 4.14. The molecule has 0 saturated carbocycles. The van der Waals surface area contributed by atoms with Crippen LogP contribution in [0, 0.1) is 13.8 Å². The van der Waals surface area contributed by atoms with Crippen molar-refractivity contribution in [1.29, 1.82) is 0 Å². The summed E-state index contributed by atoms with van der Waals surface area (Å²) in [5.41, 5.74) is 1.82. The van der Waals surface area contributed by atoms with Crippen molar-refractivity contribution in [2.24, 2.45) is 0 Å². The molecule has 0 saturated heterocycles. The zero-order valence-corrected chi connectivity index (χ0v) is 11.8. The molecule has 1 atom stereocenters. The largest absolute Gasteiger partial charge is 0.467 e. The Kier molecular flexibility index (Phi) is 5.04. The number of esters is 1. The molecule has 0 amide bonds. The summed E-state index contributed by atoms with van der Waals surface area (Å²) in [6.07, 6.45) is -1.52. The third-order valence-electron chi connectivity index (χ3n) is 2.73. The third kappa shape index (κ3) is 4.02. The van der Waals surface area contributed by atoms with E-state index >= 15 is 0 Å². The minimum Gasteiger partial charge on any atom is -0.467 e. The number of carbonyl (C=O) groups is 1. The zero-order chi connectivity index (χ0) is 14.6. The molecule has 0 spiro atoms. The molecule has 1 aromatic carbocycles. The standard InChI is InChI=1S/C12H17NO5S/c1-8-4-5-10(6-9(8)2)19(16,17)13-7-11(14)12(15)18-3/h4-6,11,13-14H,7H2,1-3H3. The second-order valence-corrected chi connectivity index (χ2v) is 5.90. The minimum absolute atomic E-state index is 0.0904. The number of rotatable bonds is 5. The number of hydrogen-bond acceptors (Lipinski definition) is 5. The Bertz CT molecular complexity index is 567. The van der Waals surface area contributed by atoms with Crippen LogP contribution in [0.5, 0.6) is 0 Å². The van der Waals surface area contributed by atoms with Gasteiger partial charge >= 0.3 is 5.97 Å². The van der Waals surface area contributed by atoms with Crippen molar-refractivity contribution in [2.45, 2.75) is 24.8 Å². The van der Waals surface area contributed by atoms with Gasteiger partial charge in [-0.1, -0.05) is 6.07 Å². The normalized spacial score (nSPS) is 13.1. The highest BCUT2D eigenvalue weighted by Crippen LogP contribution is 2.14. The van der Waals surface area contributed by atoms with Gasteiger partial charge in [-0.25, -0.2) is 17.9 Å². The number of aryl methyl sites for hydroxylation is 2. The molecular weight excluding hydrogens is 270 g/mol. The molecule has 7 heteroatoms. The van der Waals surface area contributed by atoms with Crippen LogP contribution in [0.15, 0.2) is 23.1 Å². The molecular formula is C12H17NO5S. The van der Waals surface area contributed by atoms with Gasteiger partial charge < -0.3 is 9.84 Å². The molecule has 0 aliphatic carbocycles. The first-order chi connectivity index (χ1) is 8.77. The molecule has 106 valence electrons. The maximum absolute atomic E-state index is 11.9. The predicted octanol–water partition coefficient (Wildman–Crippen LogP) is 0.116. The summed E-state index contributed by atoms with van der Waals surface area (Å²) in [5.74, 6) is -0.886. The van der Waals surface area contributed by atoms with Crippen LogP contribution in [0.4, 0.5) is 0 Å². The van der Waals surface area contributed by atoms with Gasteiger partial charge in [0.2, 0.25) is 10.0 Å². The first-order valence-corrected chi connectivity index (χ1v) is 7.09. The number of methoxy groups -OCH3 is 1. The summed E-state index contributed by atoms with van der Waals surface area (Å²) < 4.78 is 30.3. The molecule has 0 fully saturated rings. The second kappa shape index (κ2) is 6.14. The summed E-state index contributed by atoms with van der Waals surface area (Å²) >= 11 is 0. The van der Waals surface area contributed by atoms with Gasteiger partial charge in [0.15, 0.2) is 6.10 Å². The molecule has 0 heterocycles. The van der Waals surface area contributed by atoms with Crippen molar-refractivity contribution in [1.82, 2.24) is 4.72 Å². The van der Waals surface area contributed by atoms with E-state index in [4.69, 9.17) is 0 Å². The molecule has 0 radical (unpaired) electrons. The van der Waals surface area contributed by atoms with Crippen LogP contribution >= 0.6 is 0 Å². The fourth-order valence-electron chi connectivity index (χ4n) is 1.37. The third-order valence-corrected chi connectivity index (χ3v) is 4.15. The Balaban J connectivity index is 2.81. The molecule has 0 aromatic heterocycles. The summed E-state index contributed by atoms with van der Waals surface area (Å²) in [6.45, 7) is 3.25. The number of hydrogen-bond donors (Lipinski definition) is 2.